The van der Waals surface area contributed by atoms with Crippen molar-refractivity contribution < 1.29 is 29.5 Å². The molecule has 7 heteroatoms. The lowest BCUT2D eigenvalue weighted by atomic mass is 9.88. The average molecular weight is 299 g/mol. The highest BCUT2D eigenvalue weighted by Gasteiger charge is 2.55. The number of nitrogens with two attached hydrogens (primary N) is 1. The van der Waals surface area contributed by atoms with E-state index in [1.807, 2.05) is 0 Å². The van der Waals surface area contributed by atoms with Crippen LogP contribution >= 0.6 is 0 Å². The third-order valence-electron chi connectivity index (χ3n) is 3.76. The summed E-state index contributed by atoms with van der Waals surface area (Å²) in [7, 11) is 2.74. The quantitative estimate of drug-likeness (QED) is 0.538. The molecule has 0 bridgehead atoms. The minimum atomic E-state index is -1.91. The van der Waals surface area contributed by atoms with Gasteiger partial charge in [-0.25, -0.2) is 0 Å². The third-order valence-corrected chi connectivity index (χ3v) is 3.76. The molecule has 21 heavy (non-hydrogen) atoms. The number of anilines is 1. The first kappa shape index (κ1) is 16.2. The number of nitrogen functional groups attached to an aromatic ring is 1. The highest BCUT2D eigenvalue weighted by atomic mass is 16.7. The molecule has 1 aliphatic heterocycles. The Morgan fingerprint density at radius 1 is 1.24 bits per heavy atom. The second kappa shape index (κ2) is 6.27. The third kappa shape index (κ3) is 2.76. The molecule has 0 aromatic heterocycles. The fourth-order valence-electron chi connectivity index (χ4n) is 2.67. The van der Waals surface area contributed by atoms with E-state index in [0.717, 1.165) is 0 Å². The molecule has 2 rings (SSSR count). The van der Waals surface area contributed by atoms with Gasteiger partial charge in [-0.2, -0.15) is 0 Å². The van der Waals surface area contributed by atoms with Crippen molar-refractivity contribution in [3.8, 4) is 0 Å². The maximum atomic E-state index is 10.9. The Kier molecular flexibility index (Phi) is 4.82. The van der Waals surface area contributed by atoms with Gasteiger partial charge >= 0.3 is 0 Å². The molecule has 5 atom stereocenters. The molecule has 0 aliphatic carbocycles. The number of hydrogen-bond acceptors (Lipinski definition) is 7. The van der Waals surface area contributed by atoms with E-state index in [0.29, 0.717) is 11.3 Å². The molecule has 0 saturated carbocycles. The second-order valence-electron chi connectivity index (χ2n) is 5.00. The van der Waals surface area contributed by atoms with E-state index in [-0.39, 0.29) is 0 Å². The van der Waals surface area contributed by atoms with Crippen LogP contribution in [0.2, 0.25) is 0 Å². The lowest BCUT2D eigenvalue weighted by molar-refractivity contribution is -0.363. The van der Waals surface area contributed by atoms with Crippen LogP contribution in [0, 0.1) is 0 Å². The van der Waals surface area contributed by atoms with Crippen LogP contribution in [-0.2, 0) is 20.0 Å². The van der Waals surface area contributed by atoms with Gasteiger partial charge in [-0.05, 0) is 12.1 Å². The normalized spacial score (nSPS) is 36.6. The molecule has 0 spiro atoms. The largest absolute Gasteiger partial charge is 0.399 e. The summed E-state index contributed by atoms with van der Waals surface area (Å²) in [6.45, 7) is -0.413. The minimum Gasteiger partial charge on any atom is -0.399 e. The first-order valence-corrected chi connectivity index (χ1v) is 6.58. The van der Waals surface area contributed by atoms with Crippen LogP contribution in [0.15, 0.2) is 24.3 Å². The predicted octanol–water partition coefficient (Wildman–Crippen LogP) is -0.804. The molecule has 1 fully saturated rings. The summed E-state index contributed by atoms with van der Waals surface area (Å²) in [5.74, 6) is -1.91. The second-order valence-corrected chi connectivity index (χ2v) is 5.00. The molecule has 1 heterocycles. The molecular formula is C14H21NO6. The maximum Gasteiger partial charge on any atom is 0.222 e. The monoisotopic (exact) mass is 299 g/mol. The Labute approximate surface area is 122 Å². The molecule has 118 valence electrons. The van der Waals surface area contributed by atoms with E-state index < -0.39 is 36.8 Å². The summed E-state index contributed by atoms with van der Waals surface area (Å²) in [5.41, 5.74) is 6.53. The van der Waals surface area contributed by atoms with Crippen molar-refractivity contribution in [2.24, 2.45) is 0 Å². The number of methoxy groups -OCH3 is 2. The summed E-state index contributed by atoms with van der Waals surface area (Å²) in [6.07, 6.45) is -3.95. The Bertz CT molecular complexity index is 467. The van der Waals surface area contributed by atoms with Gasteiger partial charge in [0.15, 0.2) is 0 Å². The van der Waals surface area contributed by atoms with E-state index >= 15 is 0 Å². The zero-order valence-electron chi connectivity index (χ0n) is 12.0. The minimum absolute atomic E-state index is 0.371. The van der Waals surface area contributed by atoms with Gasteiger partial charge in [-0.1, -0.05) is 12.1 Å². The molecule has 5 N–H and O–H groups in total. The average Bonchev–Trinajstić information content (AvgIpc) is 2.47. The number of hydrogen-bond donors (Lipinski definition) is 4. The smallest absolute Gasteiger partial charge is 0.222 e. The number of benzene rings is 1. The van der Waals surface area contributed by atoms with Crippen molar-refractivity contribution in [2.45, 2.75) is 30.2 Å². The Balaban J connectivity index is 2.41. The van der Waals surface area contributed by atoms with Crippen molar-refractivity contribution in [1.82, 2.24) is 0 Å². The molecule has 7 nitrogen and oxygen atoms in total. The fraction of sp³-hybridized carbons (Fsp3) is 0.571. The van der Waals surface area contributed by atoms with E-state index in [2.05, 4.69) is 0 Å². The van der Waals surface area contributed by atoms with Gasteiger partial charge in [0.2, 0.25) is 5.79 Å². The summed E-state index contributed by atoms with van der Waals surface area (Å²) >= 11 is 0. The van der Waals surface area contributed by atoms with Gasteiger partial charge in [0.25, 0.3) is 0 Å². The maximum absolute atomic E-state index is 10.9. The number of rotatable bonds is 4. The lowest BCUT2D eigenvalue weighted by Gasteiger charge is -2.48. The van der Waals surface area contributed by atoms with Crippen LogP contribution in [-0.4, -0.2) is 60.6 Å². The molecule has 1 saturated heterocycles. The van der Waals surface area contributed by atoms with Crippen LogP contribution < -0.4 is 5.73 Å². The molecule has 0 amide bonds. The Morgan fingerprint density at radius 3 is 2.33 bits per heavy atom. The zero-order valence-corrected chi connectivity index (χ0v) is 12.0. The molecule has 0 unspecified atom stereocenters. The van der Waals surface area contributed by atoms with Crippen molar-refractivity contribution >= 4 is 5.69 Å². The molecular weight excluding hydrogens is 278 g/mol. The van der Waals surface area contributed by atoms with E-state index in [4.69, 9.17) is 19.9 Å². The molecule has 0 radical (unpaired) electrons. The number of aliphatic hydroxyl groups is 3. The van der Waals surface area contributed by atoms with Gasteiger partial charge in [0.1, 0.15) is 24.4 Å². The highest BCUT2D eigenvalue weighted by molar-refractivity contribution is 5.41. The summed E-state index contributed by atoms with van der Waals surface area (Å²) < 4.78 is 15.9. The zero-order chi connectivity index (χ0) is 15.6. The topological polar surface area (TPSA) is 114 Å². The fourth-order valence-corrected chi connectivity index (χ4v) is 2.67. The van der Waals surface area contributed by atoms with Crippen LogP contribution in [0.4, 0.5) is 5.69 Å². The van der Waals surface area contributed by atoms with Gasteiger partial charge in [-0.3, -0.25) is 0 Å². The standard InChI is InChI=1S/C14H21NO6/c1-19-12-10(7-16)21-14(18,13(20-2)11(12)17)8-3-5-9(15)6-4-8/h3-6,10-13,16-18H,7,15H2,1-2H3/t10-,11+,12+,13-,14-/m1/s1. The van der Waals surface area contributed by atoms with Crippen molar-refractivity contribution in [2.75, 3.05) is 26.6 Å². The van der Waals surface area contributed by atoms with Crippen molar-refractivity contribution in [1.29, 1.82) is 0 Å². The van der Waals surface area contributed by atoms with Crippen LogP contribution in [0.5, 0.6) is 0 Å². The van der Waals surface area contributed by atoms with Crippen molar-refractivity contribution in [3.63, 3.8) is 0 Å². The Morgan fingerprint density at radius 2 is 1.86 bits per heavy atom. The molecule has 1 aromatic rings. The van der Waals surface area contributed by atoms with Crippen LogP contribution in [0.25, 0.3) is 0 Å². The number of aliphatic hydroxyl groups excluding tert-OH is 2. The first-order valence-electron chi connectivity index (χ1n) is 6.58. The van der Waals surface area contributed by atoms with Gasteiger partial charge in [0.05, 0.1) is 6.61 Å². The van der Waals surface area contributed by atoms with E-state index in [1.54, 1.807) is 24.3 Å². The first-order chi connectivity index (χ1) is 9.97. The van der Waals surface area contributed by atoms with Crippen LogP contribution in [0.3, 0.4) is 0 Å². The van der Waals surface area contributed by atoms with Gasteiger partial charge in [0, 0.05) is 25.5 Å². The number of ether oxygens (including phenoxy) is 3. The summed E-state index contributed by atoms with van der Waals surface area (Å²) in [6, 6.07) is 6.36. The van der Waals surface area contributed by atoms with Gasteiger partial charge < -0.3 is 35.3 Å². The van der Waals surface area contributed by atoms with Crippen LogP contribution in [0.1, 0.15) is 5.56 Å². The van der Waals surface area contributed by atoms with Gasteiger partial charge in [-0.15, -0.1) is 0 Å². The van der Waals surface area contributed by atoms with E-state index in [1.165, 1.54) is 14.2 Å². The lowest BCUT2D eigenvalue weighted by Crippen LogP contribution is -2.64. The van der Waals surface area contributed by atoms with Crippen molar-refractivity contribution in [3.05, 3.63) is 29.8 Å². The molecule has 1 aromatic carbocycles. The molecule has 1 aliphatic rings. The SMILES string of the molecule is CO[C@@H]1[C@H](O)[C@@H](OC)[C@@](O)(c2ccc(N)cc2)O[C@@H]1CO. The Hall–Kier alpha value is -1.22. The summed E-state index contributed by atoms with van der Waals surface area (Å²) in [5, 5.41) is 30.6. The summed E-state index contributed by atoms with van der Waals surface area (Å²) in [4.78, 5) is 0. The predicted molar refractivity (Wildman–Crippen MR) is 74.3 cm³/mol. The van der Waals surface area contributed by atoms with E-state index in [9.17, 15) is 15.3 Å². The highest BCUT2D eigenvalue weighted by Crippen LogP contribution is 2.38.